The van der Waals surface area contributed by atoms with Crippen LogP contribution in [0.25, 0.3) is 0 Å². The van der Waals surface area contributed by atoms with Gasteiger partial charge in [-0.3, -0.25) is 0 Å². The quantitative estimate of drug-likeness (QED) is 0.625. The van der Waals surface area contributed by atoms with E-state index in [0.29, 0.717) is 5.41 Å². The first-order valence-corrected chi connectivity index (χ1v) is 12.6. The van der Waals surface area contributed by atoms with Crippen LogP contribution >= 0.6 is 0 Å². The summed E-state index contributed by atoms with van der Waals surface area (Å²) in [6.45, 7) is 8.97. The molecule has 4 saturated carbocycles. The Kier molecular flexibility index (Phi) is 5.95. The molecule has 1 N–H and O–H groups in total. The van der Waals surface area contributed by atoms with Crippen molar-refractivity contribution in [3.63, 3.8) is 0 Å². The van der Waals surface area contributed by atoms with Crippen LogP contribution in [-0.4, -0.2) is 36.8 Å². The molecule has 9 atom stereocenters. The fraction of sp³-hybridized carbons (Fsp3) is 1.00. The van der Waals surface area contributed by atoms with Gasteiger partial charge in [0, 0.05) is 0 Å². The Morgan fingerprint density at radius 3 is 2.50 bits per heavy atom. The van der Waals surface area contributed by atoms with Crippen molar-refractivity contribution in [2.75, 3.05) is 20.6 Å². The Balaban J connectivity index is 1.49. The summed E-state index contributed by atoms with van der Waals surface area (Å²) in [5.74, 6) is 5.22. The maximum atomic E-state index is 11.1. The molecule has 0 heterocycles. The van der Waals surface area contributed by atoms with Gasteiger partial charge in [0.2, 0.25) is 0 Å². The highest BCUT2D eigenvalue weighted by atomic mass is 16.3. The summed E-state index contributed by atoms with van der Waals surface area (Å²) in [4.78, 5) is 2.34. The van der Waals surface area contributed by atoms with Gasteiger partial charge in [-0.1, -0.05) is 27.2 Å². The number of hydrogen-bond acceptors (Lipinski definition) is 2. The van der Waals surface area contributed by atoms with Crippen molar-refractivity contribution in [3.8, 4) is 0 Å². The first-order valence-electron chi connectivity index (χ1n) is 12.6. The maximum Gasteiger partial charge on any atom is 0.0599 e. The van der Waals surface area contributed by atoms with E-state index in [1.54, 1.807) is 0 Å². The van der Waals surface area contributed by atoms with Gasteiger partial charge in [-0.15, -0.1) is 0 Å². The fourth-order valence-corrected chi connectivity index (χ4v) is 9.22. The predicted molar refractivity (Wildman–Crippen MR) is 118 cm³/mol. The van der Waals surface area contributed by atoms with E-state index < -0.39 is 0 Å². The minimum atomic E-state index is -0.0365. The van der Waals surface area contributed by atoms with E-state index in [1.807, 2.05) is 0 Å². The number of rotatable bonds is 5. The minimum Gasteiger partial charge on any atom is -0.393 e. The average molecular weight is 390 g/mol. The molecule has 2 heteroatoms. The highest BCUT2D eigenvalue weighted by Gasteiger charge is 2.61. The Bertz CT molecular complexity index is 547. The van der Waals surface area contributed by atoms with Crippen LogP contribution in [0.4, 0.5) is 0 Å². The second-order valence-corrected chi connectivity index (χ2v) is 12.1. The molecule has 0 saturated heterocycles. The highest BCUT2D eigenvalue weighted by Crippen LogP contribution is 2.68. The lowest BCUT2D eigenvalue weighted by atomic mass is 9.44. The van der Waals surface area contributed by atoms with E-state index in [-0.39, 0.29) is 11.5 Å². The van der Waals surface area contributed by atoms with E-state index in [0.717, 1.165) is 41.9 Å². The molecule has 0 amide bonds. The van der Waals surface area contributed by atoms with Gasteiger partial charge in [0.25, 0.3) is 0 Å². The number of aliphatic hydroxyl groups excluding tert-OH is 1. The van der Waals surface area contributed by atoms with E-state index in [2.05, 4.69) is 39.8 Å². The van der Waals surface area contributed by atoms with Crippen LogP contribution in [-0.2, 0) is 0 Å². The molecule has 28 heavy (non-hydrogen) atoms. The maximum absolute atomic E-state index is 11.1. The van der Waals surface area contributed by atoms with Crippen LogP contribution < -0.4 is 0 Å². The molecule has 4 aliphatic rings. The Morgan fingerprint density at radius 1 is 0.964 bits per heavy atom. The van der Waals surface area contributed by atoms with Gasteiger partial charge >= 0.3 is 0 Å². The summed E-state index contributed by atoms with van der Waals surface area (Å²) < 4.78 is 0. The first kappa shape index (κ1) is 21.2. The molecule has 4 fully saturated rings. The van der Waals surface area contributed by atoms with Gasteiger partial charge in [0.1, 0.15) is 0 Å². The summed E-state index contributed by atoms with van der Waals surface area (Å²) in [6, 6.07) is 0. The van der Waals surface area contributed by atoms with Crippen LogP contribution in [0.2, 0.25) is 0 Å². The topological polar surface area (TPSA) is 23.5 Å². The molecule has 4 rings (SSSR count). The molecule has 0 aromatic heterocycles. The van der Waals surface area contributed by atoms with Crippen molar-refractivity contribution in [3.05, 3.63) is 0 Å². The normalized spacial score (nSPS) is 49.4. The lowest BCUT2D eigenvalue weighted by Gasteiger charge is -2.62. The van der Waals surface area contributed by atoms with Crippen molar-refractivity contribution >= 4 is 0 Å². The predicted octanol–water partition coefficient (Wildman–Crippen LogP) is 5.98. The van der Waals surface area contributed by atoms with Gasteiger partial charge in [0.05, 0.1) is 6.10 Å². The van der Waals surface area contributed by atoms with Crippen molar-refractivity contribution < 1.29 is 5.11 Å². The van der Waals surface area contributed by atoms with Crippen LogP contribution in [0.1, 0.15) is 91.4 Å². The molecular weight excluding hydrogens is 342 g/mol. The SMILES string of the molecule is C[C@H](CCCN(C)C)[C@H]1CC[C@H]2[C@@H]3CCC4CCCC(O)[C@]4(C)[C@H]3CC[C@]12C. The summed E-state index contributed by atoms with van der Waals surface area (Å²) in [6.07, 6.45) is 15.0. The average Bonchev–Trinajstić information content (AvgIpc) is 3.00. The molecule has 2 unspecified atom stereocenters. The van der Waals surface area contributed by atoms with Crippen molar-refractivity contribution in [2.24, 2.45) is 46.3 Å². The van der Waals surface area contributed by atoms with Crippen molar-refractivity contribution in [1.82, 2.24) is 4.90 Å². The van der Waals surface area contributed by atoms with Crippen molar-refractivity contribution in [1.29, 1.82) is 0 Å². The van der Waals surface area contributed by atoms with Crippen molar-refractivity contribution in [2.45, 2.75) is 97.5 Å². The highest BCUT2D eigenvalue weighted by molar-refractivity contribution is 5.10. The standard InChI is InChI=1S/C26H47NO/c1-18(8-7-17-27(4)5)21-13-14-22-20-12-11-19-9-6-10-24(28)26(19,3)23(20)15-16-25(21,22)2/h18-24,28H,6-17H2,1-5H3/t18-,19?,20+,21-,22+,23+,24?,25-,26+/m1/s1. The van der Waals surface area contributed by atoms with Gasteiger partial charge in [0.15, 0.2) is 0 Å². The Hall–Kier alpha value is -0.0800. The van der Waals surface area contributed by atoms with Crippen LogP contribution in [0, 0.1) is 46.3 Å². The number of hydrogen-bond donors (Lipinski definition) is 1. The van der Waals surface area contributed by atoms with Gasteiger partial charge in [-0.05, 0) is 131 Å². The molecule has 162 valence electrons. The fourth-order valence-electron chi connectivity index (χ4n) is 9.22. The van der Waals surface area contributed by atoms with Crippen LogP contribution in [0.3, 0.4) is 0 Å². The third-order valence-corrected chi connectivity index (χ3v) is 10.7. The van der Waals surface area contributed by atoms with Crippen LogP contribution in [0.5, 0.6) is 0 Å². The van der Waals surface area contributed by atoms with Gasteiger partial charge in [-0.2, -0.15) is 0 Å². The smallest absolute Gasteiger partial charge is 0.0599 e. The third kappa shape index (κ3) is 3.29. The van der Waals surface area contributed by atoms with E-state index >= 15 is 0 Å². The molecule has 4 aliphatic carbocycles. The number of nitrogens with zero attached hydrogens (tertiary/aromatic N) is 1. The lowest BCUT2D eigenvalue weighted by molar-refractivity contribution is -0.164. The molecule has 0 bridgehead atoms. The molecule has 0 aliphatic heterocycles. The van der Waals surface area contributed by atoms with Crippen LogP contribution in [0.15, 0.2) is 0 Å². The van der Waals surface area contributed by atoms with E-state index in [4.69, 9.17) is 0 Å². The monoisotopic (exact) mass is 389 g/mol. The Labute approximate surface area is 174 Å². The van der Waals surface area contributed by atoms with E-state index in [1.165, 1.54) is 70.8 Å². The molecule has 0 spiro atoms. The zero-order valence-electron chi connectivity index (χ0n) is 19.4. The second-order valence-electron chi connectivity index (χ2n) is 12.1. The van der Waals surface area contributed by atoms with Gasteiger partial charge < -0.3 is 10.0 Å². The van der Waals surface area contributed by atoms with Gasteiger partial charge in [-0.25, -0.2) is 0 Å². The molecule has 0 aromatic carbocycles. The summed E-state index contributed by atoms with van der Waals surface area (Å²) in [5.41, 5.74) is 0.791. The molecule has 0 radical (unpaired) electrons. The zero-order valence-corrected chi connectivity index (χ0v) is 19.4. The number of aliphatic hydroxyl groups is 1. The summed E-state index contributed by atoms with van der Waals surface area (Å²) in [5, 5.41) is 11.1. The second kappa shape index (κ2) is 7.88. The Morgan fingerprint density at radius 2 is 1.75 bits per heavy atom. The summed E-state index contributed by atoms with van der Waals surface area (Å²) >= 11 is 0. The van der Waals surface area contributed by atoms with E-state index in [9.17, 15) is 5.11 Å². The zero-order chi connectivity index (χ0) is 20.1. The number of fused-ring (bicyclic) bond motifs is 5. The minimum absolute atomic E-state index is 0.0365. The molecule has 0 aromatic rings. The summed E-state index contributed by atoms with van der Waals surface area (Å²) in [7, 11) is 4.41. The molecular formula is C26H47NO. The first-order chi connectivity index (χ1) is 13.3. The third-order valence-electron chi connectivity index (χ3n) is 10.7. The largest absolute Gasteiger partial charge is 0.393 e. The molecule has 2 nitrogen and oxygen atoms in total. The lowest BCUT2D eigenvalue weighted by Crippen LogP contribution is -2.57.